The maximum Gasteiger partial charge on any atom is 0.253 e. The Kier molecular flexibility index (Phi) is 2.44. The Morgan fingerprint density at radius 1 is 1.29 bits per heavy atom. The minimum Gasteiger partial charge on any atom is -0.322 e. The van der Waals surface area contributed by atoms with Gasteiger partial charge >= 0.3 is 0 Å². The average Bonchev–Trinajstić information content (AvgIpc) is 2.82. The minimum absolute atomic E-state index is 0.0801. The molecule has 1 aliphatic rings. The molecule has 1 fully saturated rings. The summed E-state index contributed by atoms with van der Waals surface area (Å²) in [4.78, 5) is 14.7. The SMILES string of the molecule is O=c1[nH]c2ccc(F)cc2cc1C1CCCN1. The van der Waals surface area contributed by atoms with Crippen LogP contribution in [0, 0.1) is 5.82 Å². The normalized spacial score (nSPS) is 19.9. The largest absolute Gasteiger partial charge is 0.322 e. The van der Waals surface area contributed by atoms with Gasteiger partial charge in [0.05, 0.1) is 0 Å². The standard InChI is InChI=1S/C13H13FN2O/c14-9-3-4-11-8(6-9)7-10(13(17)16-11)12-2-1-5-15-12/h3-4,6-7,12,15H,1-2,5H2,(H,16,17). The lowest BCUT2D eigenvalue weighted by atomic mass is 10.0. The molecule has 0 radical (unpaired) electrons. The quantitative estimate of drug-likeness (QED) is 0.790. The molecule has 2 heterocycles. The lowest BCUT2D eigenvalue weighted by Crippen LogP contribution is -2.22. The molecule has 1 atom stereocenters. The molecule has 2 N–H and O–H groups in total. The van der Waals surface area contributed by atoms with Crippen LogP contribution in [0.2, 0.25) is 0 Å². The molecule has 88 valence electrons. The van der Waals surface area contributed by atoms with E-state index in [4.69, 9.17) is 0 Å². The van der Waals surface area contributed by atoms with Gasteiger partial charge in [0.25, 0.3) is 5.56 Å². The summed E-state index contributed by atoms with van der Waals surface area (Å²) in [5.41, 5.74) is 1.31. The maximum atomic E-state index is 13.1. The van der Waals surface area contributed by atoms with Gasteiger partial charge in [0.2, 0.25) is 0 Å². The summed E-state index contributed by atoms with van der Waals surface area (Å²) in [6.07, 6.45) is 2.04. The van der Waals surface area contributed by atoms with Gasteiger partial charge < -0.3 is 10.3 Å². The maximum absolute atomic E-state index is 13.1. The second-order valence-electron chi connectivity index (χ2n) is 4.43. The van der Waals surface area contributed by atoms with Crippen LogP contribution in [-0.4, -0.2) is 11.5 Å². The molecule has 4 heteroatoms. The highest BCUT2D eigenvalue weighted by Crippen LogP contribution is 2.22. The summed E-state index contributed by atoms with van der Waals surface area (Å²) in [5.74, 6) is -0.283. The van der Waals surface area contributed by atoms with Crippen molar-refractivity contribution in [1.29, 1.82) is 0 Å². The first-order valence-corrected chi connectivity index (χ1v) is 5.80. The molecule has 3 nitrogen and oxygen atoms in total. The van der Waals surface area contributed by atoms with Crippen LogP contribution in [0.1, 0.15) is 24.4 Å². The van der Waals surface area contributed by atoms with Gasteiger partial charge in [-0.3, -0.25) is 4.79 Å². The molecule has 1 unspecified atom stereocenters. The summed E-state index contributed by atoms with van der Waals surface area (Å²) in [6, 6.07) is 6.29. The van der Waals surface area contributed by atoms with E-state index in [0.29, 0.717) is 11.1 Å². The van der Waals surface area contributed by atoms with Gasteiger partial charge in [-0.2, -0.15) is 0 Å². The molecule has 1 aromatic carbocycles. The number of halogens is 1. The molecular formula is C13H13FN2O. The van der Waals surface area contributed by atoms with Crippen molar-refractivity contribution < 1.29 is 4.39 Å². The molecule has 3 rings (SSSR count). The number of hydrogen-bond acceptors (Lipinski definition) is 2. The van der Waals surface area contributed by atoms with Crippen LogP contribution in [0.15, 0.2) is 29.1 Å². The Balaban J connectivity index is 2.18. The number of hydrogen-bond donors (Lipinski definition) is 2. The number of pyridine rings is 1. The van der Waals surface area contributed by atoms with Crippen molar-refractivity contribution in [2.24, 2.45) is 0 Å². The topological polar surface area (TPSA) is 44.9 Å². The van der Waals surface area contributed by atoms with Gasteiger partial charge in [-0.25, -0.2) is 4.39 Å². The summed E-state index contributed by atoms with van der Waals surface area (Å²) < 4.78 is 13.1. The monoisotopic (exact) mass is 232 g/mol. The molecule has 0 spiro atoms. The molecule has 0 bridgehead atoms. The second-order valence-corrected chi connectivity index (χ2v) is 4.43. The number of benzene rings is 1. The Morgan fingerprint density at radius 3 is 2.94 bits per heavy atom. The van der Waals surface area contributed by atoms with Crippen molar-refractivity contribution in [1.82, 2.24) is 10.3 Å². The van der Waals surface area contributed by atoms with Gasteiger partial charge in [0.15, 0.2) is 0 Å². The van der Waals surface area contributed by atoms with Crippen LogP contribution in [0.25, 0.3) is 10.9 Å². The van der Waals surface area contributed by atoms with E-state index >= 15 is 0 Å². The lowest BCUT2D eigenvalue weighted by molar-refractivity contribution is 0.628. The fraction of sp³-hybridized carbons (Fsp3) is 0.308. The summed E-state index contributed by atoms with van der Waals surface area (Å²) >= 11 is 0. The molecular weight excluding hydrogens is 219 g/mol. The van der Waals surface area contributed by atoms with Gasteiger partial charge in [-0.1, -0.05) is 0 Å². The van der Waals surface area contributed by atoms with E-state index in [-0.39, 0.29) is 17.4 Å². The predicted molar refractivity (Wildman–Crippen MR) is 64.5 cm³/mol. The second kappa shape index (κ2) is 3.96. The van der Waals surface area contributed by atoms with Crippen LogP contribution in [0.4, 0.5) is 4.39 Å². The average molecular weight is 232 g/mol. The van der Waals surface area contributed by atoms with E-state index in [9.17, 15) is 9.18 Å². The first-order valence-electron chi connectivity index (χ1n) is 5.80. The first kappa shape index (κ1) is 10.5. The van der Waals surface area contributed by atoms with Crippen LogP contribution >= 0.6 is 0 Å². The van der Waals surface area contributed by atoms with Crippen molar-refractivity contribution in [3.63, 3.8) is 0 Å². The van der Waals surface area contributed by atoms with E-state index in [0.717, 1.165) is 24.8 Å². The van der Waals surface area contributed by atoms with Crippen molar-refractivity contribution in [3.8, 4) is 0 Å². The molecule has 17 heavy (non-hydrogen) atoms. The number of aromatic amines is 1. The van der Waals surface area contributed by atoms with Gasteiger partial charge in [-0.15, -0.1) is 0 Å². The fourth-order valence-corrected chi connectivity index (χ4v) is 2.40. The lowest BCUT2D eigenvalue weighted by Gasteiger charge is -2.10. The van der Waals surface area contributed by atoms with Crippen molar-refractivity contribution in [2.75, 3.05) is 6.54 Å². The molecule has 0 aliphatic carbocycles. The highest BCUT2D eigenvalue weighted by molar-refractivity contribution is 5.79. The van der Waals surface area contributed by atoms with Gasteiger partial charge in [-0.05, 0) is 43.7 Å². The van der Waals surface area contributed by atoms with Crippen molar-refractivity contribution in [3.05, 3.63) is 46.0 Å². The highest BCUT2D eigenvalue weighted by Gasteiger charge is 2.19. The van der Waals surface area contributed by atoms with E-state index in [1.54, 1.807) is 12.1 Å². The molecule has 1 aliphatic heterocycles. The summed E-state index contributed by atoms with van der Waals surface area (Å²) in [5, 5.41) is 4.02. The molecule has 1 aromatic heterocycles. The molecule has 0 saturated carbocycles. The zero-order valence-corrected chi connectivity index (χ0v) is 9.29. The van der Waals surface area contributed by atoms with E-state index < -0.39 is 0 Å². The van der Waals surface area contributed by atoms with Crippen LogP contribution < -0.4 is 10.9 Å². The third-order valence-electron chi connectivity index (χ3n) is 3.27. The zero-order chi connectivity index (χ0) is 11.8. The molecule has 0 amide bonds. The highest BCUT2D eigenvalue weighted by atomic mass is 19.1. The van der Waals surface area contributed by atoms with Crippen molar-refractivity contribution >= 4 is 10.9 Å². The summed E-state index contributed by atoms with van der Waals surface area (Å²) in [7, 11) is 0. The predicted octanol–water partition coefficient (Wildman–Crippen LogP) is 2.09. The third-order valence-corrected chi connectivity index (χ3v) is 3.27. The third kappa shape index (κ3) is 1.85. The number of fused-ring (bicyclic) bond motifs is 1. The van der Waals surface area contributed by atoms with E-state index in [2.05, 4.69) is 10.3 Å². The van der Waals surface area contributed by atoms with Crippen LogP contribution in [-0.2, 0) is 0 Å². The Labute approximate surface area is 97.7 Å². The van der Waals surface area contributed by atoms with Crippen molar-refractivity contribution in [2.45, 2.75) is 18.9 Å². The van der Waals surface area contributed by atoms with Crippen LogP contribution in [0.5, 0.6) is 0 Å². The Morgan fingerprint density at radius 2 is 2.18 bits per heavy atom. The molecule has 1 saturated heterocycles. The summed E-state index contributed by atoms with van der Waals surface area (Å²) in [6.45, 7) is 0.936. The van der Waals surface area contributed by atoms with E-state index in [1.165, 1.54) is 12.1 Å². The van der Waals surface area contributed by atoms with Crippen LogP contribution in [0.3, 0.4) is 0 Å². The fourth-order valence-electron chi connectivity index (χ4n) is 2.40. The number of H-pyrrole nitrogens is 1. The zero-order valence-electron chi connectivity index (χ0n) is 9.29. The Hall–Kier alpha value is -1.68. The Bertz CT molecular complexity index is 614. The molecule has 2 aromatic rings. The number of rotatable bonds is 1. The number of aromatic nitrogens is 1. The minimum atomic E-state index is -0.283. The van der Waals surface area contributed by atoms with E-state index in [1.807, 2.05) is 0 Å². The smallest absolute Gasteiger partial charge is 0.253 e. The van der Waals surface area contributed by atoms with Gasteiger partial charge in [0.1, 0.15) is 5.82 Å². The number of nitrogens with one attached hydrogen (secondary N) is 2. The van der Waals surface area contributed by atoms with Gasteiger partial charge in [0, 0.05) is 22.5 Å². The first-order chi connectivity index (χ1) is 8.24.